The highest BCUT2D eigenvalue weighted by molar-refractivity contribution is 5.96. The first-order valence-corrected chi connectivity index (χ1v) is 9.52. The number of aryl methyl sites for hydroxylation is 1. The van der Waals surface area contributed by atoms with E-state index in [-0.39, 0.29) is 5.56 Å². The summed E-state index contributed by atoms with van der Waals surface area (Å²) >= 11 is 0. The number of pyridine rings is 1. The number of carboxylic acids is 1. The van der Waals surface area contributed by atoms with Crippen LogP contribution in [-0.4, -0.2) is 16.1 Å². The van der Waals surface area contributed by atoms with Gasteiger partial charge in [0.2, 0.25) is 0 Å². The highest BCUT2D eigenvalue weighted by Crippen LogP contribution is 2.26. The van der Waals surface area contributed by atoms with Crippen molar-refractivity contribution in [2.45, 2.75) is 13.5 Å². The van der Waals surface area contributed by atoms with Gasteiger partial charge in [0.25, 0.3) is 0 Å². The molecule has 0 amide bonds. The molecule has 0 spiro atoms. The summed E-state index contributed by atoms with van der Waals surface area (Å²) in [7, 11) is 0. The largest absolute Gasteiger partial charge is 0.478 e. The van der Waals surface area contributed by atoms with E-state index in [4.69, 9.17) is 0 Å². The molecule has 0 bridgehead atoms. The van der Waals surface area contributed by atoms with Gasteiger partial charge in [0.05, 0.1) is 22.7 Å². The second-order valence-corrected chi connectivity index (χ2v) is 7.06. The number of nitrogens with zero attached hydrogens (tertiary/aromatic N) is 2. The first-order valence-electron chi connectivity index (χ1n) is 9.52. The van der Waals surface area contributed by atoms with Crippen LogP contribution in [0.4, 0.5) is 5.69 Å². The van der Waals surface area contributed by atoms with E-state index in [1.165, 1.54) is 0 Å². The molecule has 0 aliphatic heterocycles. The number of anilines is 1. The summed E-state index contributed by atoms with van der Waals surface area (Å²) in [5.74, 6) is -0.937. The maximum Gasteiger partial charge on any atom is 0.336 e. The molecular weight excluding hydrogens is 374 g/mol. The number of carboxylic acid groups (broad SMARTS) is 1. The summed E-state index contributed by atoms with van der Waals surface area (Å²) in [4.78, 5) is 16.0. The molecule has 0 saturated heterocycles. The molecule has 146 valence electrons. The van der Waals surface area contributed by atoms with Crippen molar-refractivity contribution >= 4 is 22.6 Å². The van der Waals surface area contributed by atoms with Crippen LogP contribution < -0.4 is 5.32 Å². The monoisotopic (exact) mass is 393 g/mol. The summed E-state index contributed by atoms with van der Waals surface area (Å²) in [5.41, 5.74) is 6.17. The van der Waals surface area contributed by atoms with Crippen LogP contribution in [0.1, 0.15) is 27.2 Å². The Hall–Kier alpha value is -4.17. The van der Waals surface area contributed by atoms with Crippen LogP contribution in [0.5, 0.6) is 0 Å². The topological polar surface area (TPSA) is 86.0 Å². The third-order valence-corrected chi connectivity index (χ3v) is 4.97. The maximum atomic E-state index is 11.5. The highest BCUT2D eigenvalue weighted by atomic mass is 16.4. The zero-order valence-electron chi connectivity index (χ0n) is 16.4. The Morgan fingerprint density at radius 2 is 1.83 bits per heavy atom. The van der Waals surface area contributed by atoms with Crippen molar-refractivity contribution in [3.05, 3.63) is 95.2 Å². The number of carbonyl (C=O) groups is 1. The van der Waals surface area contributed by atoms with Crippen molar-refractivity contribution in [1.82, 2.24) is 4.98 Å². The van der Waals surface area contributed by atoms with Crippen LogP contribution in [0.25, 0.3) is 22.0 Å². The lowest BCUT2D eigenvalue weighted by molar-refractivity contribution is 0.0697. The Kier molecular flexibility index (Phi) is 5.15. The second-order valence-electron chi connectivity index (χ2n) is 7.06. The summed E-state index contributed by atoms with van der Waals surface area (Å²) < 4.78 is 0. The molecule has 1 aromatic heterocycles. The van der Waals surface area contributed by atoms with Crippen LogP contribution in [0, 0.1) is 18.3 Å². The molecule has 1 heterocycles. The zero-order chi connectivity index (χ0) is 21.1. The Balaban J connectivity index is 1.59. The minimum Gasteiger partial charge on any atom is -0.478 e. The van der Waals surface area contributed by atoms with Gasteiger partial charge in [0.15, 0.2) is 0 Å². The van der Waals surface area contributed by atoms with Crippen LogP contribution in [0.2, 0.25) is 0 Å². The Morgan fingerprint density at radius 3 is 2.57 bits per heavy atom. The summed E-state index contributed by atoms with van der Waals surface area (Å²) in [5, 5.41) is 22.9. The van der Waals surface area contributed by atoms with Gasteiger partial charge >= 0.3 is 5.97 Å². The summed E-state index contributed by atoms with van der Waals surface area (Å²) in [6.07, 6.45) is 0. The molecule has 0 aliphatic carbocycles. The predicted molar refractivity (Wildman–Crippen MR) is 117 cm³/mol. The highest BCUT2D eigenvalue weighted by Gasteiger charge is 2.11. The molecule has 3 aromatic carbocycles. The molecule has 0 atom stereocenters. The molecule has 0 radical (unpaired) electrons. The fourth-order valence-corrected chi connectivity index (χ4v) is 3.49. The van der Waals surface area contributed by atoms with E-state index < -0.39 is 5.97 Å². The van der Waals surface area contributed by atoms with Crippen molar-refractivity contribution < 1.29 is 9.90 Å². The van der Waals surface area contributed by atoms with Gasteiger partial charge in [0, 0.05) is 23.3 Å². The molecule has 30 heavy (non-hydrogen) atoms. The van der Waals surface area contributed by atoms with E-state index in [0.717, 1.165) is 33.4 Å². The average Bonchev–Trinajstić information content (AvgIpc) is 2.77. The quantitative estimate of drug-likeness (QED) is 0.475. The molecule has 5 nitrogen and oxygen atoms in total. The van der Waals surface area contributed by atoms with E-state index in [1.54, 1.807) is 18.2 Å². The lowest BCUT2D eigenvalue weighted by Gasteiger charge is -2.12. The summed E-state index contributed by atoms with van der Waals surface area (Å²) in [6.45, 7) is 2.54. The van der Waals surface area contributed by atoms with Crippen molar-refractivity contribution in [1.29, 1.82) is 5.26 Å². The first kappa shape index (κ1) is 19.2. The number of rotatable bonds is 5. The first-order chi connectivity index (χ1) is 14.5. The van der Waals surface area contributed by atoms with Crippen molar-refractivity contribution in [2.24, 2.45) is 0 Å². The third-order valence-electron chi connectivity index (χ3n) is 4.97. The van der Waals surface area contributed by atoms with Gasteiger partial charge in [-0.1, -0.05) is 42.5 Å². The fourth-order valence-electron chi connectivity index (χ4n) is 3.49. The van der Waals surface area contributed by atoms with Crippen LogP contribution in [0.3, 0.4) is 0 Å². The van der Waals surface area contributed by atoms with Crippen LogP contribution in [0.15, 0.2) is 72.8 Å². The SMILES string of the molecule is Cc1cc(NCc2ccc(-c3ccccc3C(=O)O)cc2)c2cc(C#N)ccc2n1. The lowest BCUT2D eigenvalue weighted by Crippen LogP contribution is -2.02. The minimum absolute atomic E-state index is 0.287. The van der Waals surface area contributed by atoms with Crippen molar-refractivity contribution in [2.75, 3.05) is 5.32 Å². The van der Waals surface area contributed by atoms with Gasteiger partial charge in [-0.15, -0.1) is 0 Å². The number of hydrogen-bond acceptors (Lipinski definition) is 4. The number of benzene rings is 3. The molecule has 0 fully saturated rings. The fraction of sp³-hybridized carbons (Fsp3) is 0.0800. The number of hydrogen-bond donors (Lipinski definition) is 2. The molecule has 0 saturated carbocycles. The Morgan fingerprint density at radius 1 is 1.07 bits per heavy atom. The minimum atomic E-state index is -0.937. The molecule has 0 unspecified atom stereocenters. The molecule has 4 aromatic rings. The van der Waals surface area contributed by atoms with Gasteiger partial charge in [-0.2, -0.15) is 5.26 Å². The summed E-state index contributed by atoms with van der Waals surface area (Å²) in [6, 6.07) is 24.4. The standard InChI is InChI=1S/C25H19N3O2/c1-16-12-24(22-13-18(14-26)8-11-23(22)28-16)27-15-17-6-9-19(10-7-17)20-4-2-3-5-21(20)25(29)30/h2-13H,15H2,1H3,(H,27,28)(H,29,30). The molecule has 0 aliphatic rings. The van der Waals surface area contributed by atoms with Crippen molar-refractivity contribution in [3.8, 4) is 17.2 Å². The van der Waals surface area contributed by atoms with Crippen molar-refractivity contribution in [3.63, 3.8) is 0 Å². The number of nitriles is 1. The van der Waals surface area contributed by atoms with Crippen LogP contribution >= 0.6 is 0 Å². The van der Waals surface area contributed by atoms with E-state index in [9.17, 15) is 15.2 Å². The third kappa shape index (κ3) is 3.85. The molecule has 2 N–H and O–H groups in total. The number of aromatic nitrogens is 1. The number of aromatic carboxylic acids is 1. The molecule has 4 rings (SSSR count). The normalized spacial score (nSPS) is 10.5. The van der Waals surface area contributed by atoms with E-state index in [2.05, 4.69) is 16.4 Å². The van der Waals surface area contributed by atoms with E-state index in [1.807, 2.05) is 61.5 Å². The van der Waals surface area contributed by atoms with Gasteiger partial charge < -0.3 is 10.4 Å². The van der Waals surface area contributed by atoms with Gasteiger partial charge in [0.1, 0.15) is 0 Å². The molecule has 5 heteroatoms. The van der Waals surface area contributed by atoms with Gasteiger partial charge in [-0.3, -0.25) is 4.98 Å². The molecular formula is C25H19N3O2. The van der Waals surface area contributed by atoms with E-state index in [0.29, 0.717) is 17.7 Å². The van der Waals surface area contributed by atoms with Gasteiger partial charge in [-0.05, 0) is 53.9 Å². The Bertz CT molecular complexity index is 1290. The van der Waals surface area contributed by atoms with E-state index >= 15 is 0 Å². The number of nitrogens with one attached hydrogen (secondary N) is 1. The lowest BCUT2D eigenvalue weighted by atomic mass is 9.99. The zero-order valence-corrected chi connectivity index (χ0v) is 16.4. The average molecular weight is 393 g/mol. The maximum absolute atomic E-state index is 11.5. The van der Waals surface area contributed by atoms with Gasteiger partial charge in [-0.25, -0.2) is 4.79 Å². The van der Waals surface area contributed by atoms with Crippen LogP contribution in [-0.2, 0) is 6.54 Å². The second kappa shape index (κ2) is 8.06. The predicted octanol–water partition coefficient (Wildman–Crippen LogP) is 5.39. The smallest absolute Gasteiger partial charge is 0.336 e. The number of fused-ring (bicyclic) bond motifs is 1. The Labute approximate surface area is 174 Å².